The van der Waals surface area contributed by atoms with E-state index in [1.807, 2.05) is 19.1 Å². The minimum atomic E-state index is -0.0857. The maximum Gasteiger partial charge on any atom is 0.234 e. The van der Waals surface area contributed by atoms with E-state index in [-0.39, 0.29) is 11.9 Å². The van der Waals surface area contributed by atoms with Crippen LogP contribution in [0.2, 0.25) is 0 Å². The smallest absolute Gasteiger partial charge is 0.234 e. The average Bonchev–Trinajstić information content (AvgIpc) is 3.01. The number of carbonyl (C=O) groups is 1. The van der Waals surface area contributed by atoms with Crippen LogP contribution < -0.4 is 10.6 Å². The molecule has 0 radical (unpaired) electrons. The molecule has 0 saturated carbocycles. The number of nitrogens with zero attached hydrogens (tertiary/aromatic N) is 1. The van der Waals surface area contributed by atoms with E-state index in [9.17, 15) is 4.79 Å². The molecule has 3 unspecified atom stereocenters. The third-order valence-corrected chi connectivity index (χ3v) is 4.27. The molecule has 1 amide bonds. The first-order chi connectivity index (χ1) is 10.1. The zero-order valence-corrected chi connectivity index (χ0v) is 13.3. The second kappa shape index (κ2) is 7.61. The molecular formula is C16H27N3O2. The number of rotatable bonds is 6. The van der Waals surface area contributed by atoms with Crippen LogP contribution in [-0.2, 0) is 4.79 Å². The standard InChI is InChI=1S/C16H27N3O2/c1-4-13-10-19(14(5-2)9-17-13)11-16(20)18-12(3)15-7-6-8-21-15/h6-8,12-14,17H,4-5,9-11H2,1-3H3,(H,18,20). The molecule has 118 valence electrons. The van der Waals surface area contributed by atoms with Gasteiger partial charge in [-0.25, -0.2) is 0 Å². The summed E-state index contributed by atoms with van der Waals surface area (Å²) in [5.41, 5.74) is 0. The molecule has 0 aromatic carbocycles. The van der Waals surface area contributed by atoms with Crippen LogP contribution in [0, 0.1) is 0 Å². The number of hydrogen-bond donors (Lipinski definition) is 2. The van der Waals surface area contributed by atoms with Gasteiger partial charge in [-0.2, -0.15) is 0 Å². The van der Waals surface area contributed by atoms with Gasteiger partial charge < -0.3 is 15.1 Å². The molecule has 1 aromatic rings. The second-order valence-electron chi connectivity index (χ2n) is 5.81. The molecule has 1 aromatic heterocycles. The molecule has 3 atom stereocenters. The zero-order valence-electron chi connectivity index (χ0n) is 13.3. The number of nitrogens with one attached hydrogen (secondary N) is 2. The van der Waals surface area contributed by atoms with E-state index in [1.54, 1.807) is 6.26 Å². The van der Waals surface area contributed by atoms with Gasteiger partial charge in [0.25, 0.3) is 0 Å². The fraction of sp³-hybridized carbons (Fsp3) is 0.688. The van der Waals surface area contributed by atoms with Gasteiger partial charge in [0.1, 0.15) is 5.76 Å². The Morgan fingerprint density at radius 2 is 2.33 bits per heavy atom. The number of piperazine rings is 1. The summed E-state index contributed by atoms with van der Waals surface area (Å²) in [7, 11) is 0. The van der Waals surface area contributed by atoms with Gasteiger partial charge in [-0.15, -0.1) is 0 Å². The Balaban J connectivity index is 1.87. The quantitative estimate of drug-likeness (QED) is 0.841. The average molecular weight is 293 g/mol. The molecule has 0 bridgehead atoms. The van der Waals surface area contributed by atoms with Crippen LogP contribution in [0.25, 0.3) is 0 Å². The number of furan rings is 1. The van der Waals surface area contributed by atoms with Crippen molar-refractivity contribution in [1.29, 1.82) is 0 Å². The van der Waals surface area contributed by atoms with Gasteiger partial charge >= 0.3 is 0 Å². The van der Waals surface area contributed by atoms with Crippen molar-refractivity contribution in [2.24, 2.45) is 0 Å². The highest BCUT2D eigenvalue weighted by Gasteiger charge is 2.27. The Kier molecular flexibility index (Phi) is 5.82. The van der Waals surface area contributed by atoms with Crippen LogP contribution in [0.4, 0.5) is 0 Å². The monoisotopic (exact) mass is 293 g/mol. The third kappa shape index (κ3) is 4.32. The highest BCUT2D eigenvalue weighted by molar-refractivity contribution is 5.78. The maximum atomic E-state index is 12.3. The summed E-state index contributed by atoms with van der Waals surface area (Å²) in [6, 6.07) is 4.57. The van der Waals surface area contributed by atoms with Crippen molar-refractivity contribution < 1.29 is 9.21 Å². The van der Waals surface area contributed by atoms with Crippen LogP contribution in [0.1, 0.15) is 45.4 Å². The van der Waals surface area contributed by atoms with Crippen molar-refractivity contribution in [3.63, 3.8) is 0 Å². The predicted octanol–water partition coefficient (Wildman–Crippen LogP) is 1.92. The molecule has 2 N–H and O–H groups in total. The van der Waals surface area contributed by atoms with Crippen LogP contribution >= 0.6 is 0 Å². The first-order valence-electron chi connectivity index (χ1n) is 7.94. The SMILES string of the molecule is CCC1CN(CC(=O)NC(C)c2ccco2)C(CC)CN1. The summed E-state index contributed by atoms with van der Waals surface area (Å²) < 4.78 is 5.32. The van der Waals surface area contributed by atoms with Crippen LogP contribution in [0.5, 0.6) is 0 Å². The summed E-state index contributed by atoms with van der Waals surface area (Å²) in [6.45, 7) is 8.67. The normalized spacial score (nSPS) is 24.7. The van der Waals surface area contributed by atoms with Crippen molar-refractivity contribution in [1.82, 2.24) is 15.5 Å². The van der Waals surface area contributed by atoms with Crippen molar-refractivity contribution >= 4 is 5.91 Å². The Hall–Kier alpha value is -1.33. The molecule has 1 aliphatic heterocycles. The van der Waals surface area contributed by atoms with Gasteiger partial charge in [0.05, 0.1) is 18.8 Å². The van der Waals surface area contributed by atoms with Gasteiger partial charge in [-0.05, 0) is 31.9 Å². The second-order valence-corrected chi connectivity index (χ2v) is 5.81. The Bertz CT molecular complexity index is 433. The van der Waals surface area contributed by atoms with E-state index in [1.165, 1.54) is 0 Å². The van der Waals surface area contributed by atoms with Gasteiger partial charge in [-0.3, -0.25) is 9.69 Å². The van der Waals surface area contributed by atoms with Crippen molar-refractivity contribution in [2.75, 3.05) is 19.6 Å². The van der Waals surface area contributed by atoms with E-state index in [0.717, 1.165) is 31.7 Å². The third-order valence-electron chi connectivity index (χ3n) is 4.27. The lowest BCUT2D eigenvalue weighted by atomic mass is 10.1. The van der Waals surface area contributed by atoms with E-state index in [0.29, 0.717) is 18.6 Å². The molecule has 1 aliphatic rings. The van der Waals surface area contributed by atoms with Crippen LogP contribution in [-0.4, -0.2) is 42.5 Å². The zero-order chi connectivity index (χ0) is 15.2. The fourth-order valence-electron chi connectivity index (χ4n) is 2.88. The maximum absolute atomic E-state index is 12.3. The molecule has 21 heavy (non-hydrogen) atoms. The largest absolute Gasteiger partial charge is 0.467 e. The van der Waals surface area contributed by atoms with Crippen molar-refractivity contribution in [3.05, 3.63) is 24.2 Å². The topological polar surface area (TPSA) is 57.5 Å². The van der Waals surface area contributed by atoms with Gasteiger partial charge in [0.2, 0.25) is 5.91 Å². The minimum absolute atomic E-state index is 0.0640. The van der Waals surface area contributed by atoms with E-state index < -0.39 is 0 Å². The highest BCUT2D eigenvalue weighted by atomic mass is 16.3. The molecule has 1 saturated heterocycles. The van der Waals surface area contributed by atoms with Crippen molar-refractivity contribution in [3.8, 4) is 0 Å². The van der Waals surface area contributed by atoms with Gasteiger partial charge in [0.15, 0.2) is 0 Å². The molecule has 0 aliphatic carbocycles. The lowest BCUT2D eigenvalue weighted by Gasteiger charge is -2.39. The fourth-order valence-corrected chi connectivity index (χ4v) is 2.88. The van der Waals surface area contributed by atoms with E-state index >= 15 is 0 Å². The number of carbonyl (C=O) groups excluding carboxylic acids is 1. The van der Waals surface area contributed by atoms with Gasteiger partial charge in [0, 0.05) is 25.2 Å². The summed E-state index contributed by atoms with van der Waals surface area (Å²) in [4.78, 5) is 14.6. The van der Waals surface area contributed by atoms with Gasteiger partial charge in [-0.1, -0.05) is 13.8 Å². The highest BCUT2D eigenvalue weighted by Crippen LogP contribution is 2.14. The van der Waals surface area contributed by atoms with E-state index in [4.69, 9.17) is 4.42 Å². The Morgan fingerprint density at radius 3 is 2.95 bits per heavy atom. The molecule has 1 fully saturated rings. The van der Waals surface area contributed by atoms with E-state index in [2.05, 4.69) is 29.4 Å². The molecule has 5 nitrogen and oxygen atoms in total. The van der Waals surface area contributed by atoms with Crippen LogP contribution in [0.3, 0.4) is 0 Å². The first-order valence-corrected chi connectivity index (χ1v) is 7.94. The molecule has 2 rings (SSSR count). The lowest BCUT2D eigenvalue weighted by Crippen LogP contribution is -2.58. The molecule has 0 spiro atoms. The molecule has 5 heteroatoms. The summed E-state index contributed by atoms with van der Waals surface area (Å²) >= 11 is 0. The number of hydrogen-bond acceptors (Lipinski definition) is 4. The summed E-state index contributed by atoms with van der Waals surface area (Å²) in [5.74, 6) is 0.858. The lowest BCUT2D eigenvalue weighted by molar-refractivity contribution is -0.124. The molecule has 2 heterocycles. The van der Waals surface area contributed by atoms with Crippen molar-refractivity contribution in [2.45, 2.75) is 51.7 Å². The predicted molar refractivity (Wildman–Crippen MR) is 83.0 cm³/mol. The minimum Gasteiger partial charge on any atom is -0.467 e. The summed E-state index contributed by atoms with van der Waals surface area (Å²) in [6.07, 6.45) is 3.79. The Morgan fingerprint density at radius 1 is 1.52 bits per heavy atom. The summed E-state index contributed by atoms with van der Waals surface area (Å²) in [5, 5.41) is 6.56. The first kappa shape index (κ1) is 16.0. The Labute approximate surface area is 127 Å². The van der Waals surface area contributed by atoms with Crippen LogP contribution in [0.15, 0.2) is 22.8 Å². The number of amides is 1. The molecular weight excluding hydrogens is 266 g/mol.